The summed E-state index contributed by atoms with van der Waals surface area (Å²) < 4.78 is 43.7. The van der Waals surface area contributed by atoms with Gasteiger partial charge in [-0.15, -0.1) is 0 Å². The van der Waals surface area contributed by atoms with Crippen LogP contribution in [0.3, 0.4) is 0 Å². The average molecular weight is 955 g/mol. The van der Waals surface area contributed by atoms with Crippen molar-refractivity contribution in [3.8, 4) is 0 Å². The lowest BCUT2D eigenvalue weighted by molar-refractivity contribution is -0.449. The van der Waals surface area contributed by atoms with Gasteiger partial charge in [0.05, 0.1) is 106 Å². The topological polar surface area (TPSA) is 313 Å². The molecular weight excluding hydrogens is 871 g/mol. The molecule has 0 aromatic carbocycles. The van der Waals surface area contributed by atoms with Crippen LogP contribution >= 0.6 is 0 Å². The zero-order chi connectivity index (χ0) is 48.6. The van der Waals surface area contributed by atoms with Gasteiger partial charge >= 0.3 is 17.9 Å². The van der Waals surface area contributed by atoms with Crippen LogP contribution in [0.1, 0.15) is 116 Å². The van der Waals surface area contributed by atoms with E-state index in [-0.39, 0.29) is 50.7 Å². The summed E-state index contributed by atoms with van der Waals surface area (Å²) in [6.07, 6.45) is 12.8. The first-order valence-corrected chi connectivity index (χ1v) is 23.7. The lowest BCUT2D eigenvalue weighted by atomic mass is 10.1. The molecule has 66 heavy (non-hydrogen) atoms. The second-order valence-electron chi connectivity index (χ2n) is 15.4. The third kappa shape index (κ3) is 45.6. The van der Waals surface area contributed by atoms with E-state index >= 15 is 0 Å². The summed E-state index contributed by atoms with van der Waals surface area (Å²) in [7, 11) is 0. The van der Waals surface area contributed by atoms with Crippen LogP contribution in [0.4, 0.5) is 0 Å². The Morgan fingerprint density at radius 1 is 0.364 bits per heavy atom. The lowest BCUT2D eigenvalue weighted by Crippen LogP contribution is -2.70. The molecule has 386 valence electrons. The van der Waals surface area contributed by atoms with Gasteiger partial charge < -0.3 is 69.2 Å². The molecule has 2 atom stereocenters. The number of quaternary nitrogens is 1. The van der Waals surface area contributed by atoms with Crippen molar-refractivity contribution >= 4 is 35.6 Å². The van der Waals surface area contributed by atoms with Crippen LogP contribution in [0.15, 0.2) is 0 Å². The minimum Gasteiger partial charge on any atom is -0.481 e. The molecule has 10 N–H and O–H groups in total. The fourth-order valence-corrected chi connectivity index (χ4v) is 6.04. The van der Waals surface area contributed by atoms with Crippen molar-refractivity contribution in [3.05, 3.63) is 0 Å². The Morgan fingerprint density at radius 2 is 0.742 bits per heavy atom. The predicted molar refractivity (Wildman–Crippen MR) is 240 cm³/mol. The van der Waals surface area contributed by atoms with E-state index in [0.29, 0.717) is 131 Å². The monoisotopic (exact) mass is 955 g/mol. The molecule has 22 heteroatoms. The number of rotatable bonds is 52. The van der Waals surface area contributed by atoms with E-state index in [0.717, 1.165) is 38.5 Å². The van der Waals surface area contributed by atoms with Crippen LogP contribution in [-0.4, -0.2) is 182 Å². The largest absolute Gasteiger partial charge is 0.481 e. The first-order chi connectivity index (χ1) is 32.1. The standard InChI is InChI=1S/C44H83N5O17/c45-49-38(44(57)58)13-11-12-19-46-40(51)17-16-37(43(55)56)48-41(52)18-21-59-23-25-61-27-29-63-31-33-65-35-36-66-34-32-64-30-28-62-26-24-60-22-20-47-39(50)14-9-7-5-3-1-2-4-6-8-10-15-42(53)54/h37-38,49H,1-36,45H2,(H,46,51)(H,47,50)(H,48,52)(H,53,54)(H,55,56)(H,57,58)/p+1/t37-,38-/m0/s1. The maximum Gasteiger partial charge on any atom is 0.326 e. The molecule has 3 amide bonds. The van der Waals surface area contributed by atoms with Crippen molar-refractivity contribution in [2.24, 2.45) is 0 Å². The Kier molecular flexibility index (Phi) is 45.3. The van der Waals surface area contributed by atoms with Crippen molar-refractivity contribution in [1.29, 1.82) is 0 Å². The van der Waals surface area contributed by atoms with Gasteiger partial charge in [-0.25, -0.2) is 4.79 Å². The molecule has 0 radical (unpaired) electrons. The summed E-state index contributed by atoms with van der Waals surface area (Å²) >= 11 is 0. The molecule has 0 bridgehead atoms. The average Bonchev–Trinajstić information content (AvgIpc) is 3.28. The summed E-state index contributed by atoms with van der Waals surface area (Å²) in [5, 5.41) is 35.0. The van der Waals surface area contributed by atoms with Gasteiger partial charge in [0.25, 0.3) is 0 Å². The summed E-state index contributed by atoms with van der Waals surface area (Å²) in [4.78, 5) is 69.2. The fourth-order valence-electron chi connectivity index (χ4n) is 6.04. The smallest absolute Gasteiger partial charge is 0.326 e. The lowest BCUT2D eigenvalue weighted by Gasteiger charge is -2.14. The van der Waals surface area contributed by atoms with E-state index in [1.165, 1.54) is 25.7 Å². The molecule has 0 fully saturated rings. The predicted octanol–water partition coefficient (Wildman–Crippen LogP) is 1.23. The molecule has 0 aromatic heterocycles. The molecular formula is C44H84N5O17+. The molecule has 0 aromatic rings. The number of unbranched alkanes of at least 4 members (excludes halogenated alkanes) is 10. The molecule has 0 rings (SSSR count). The third-order valence-corrected chi connectivity index (χ3v) is 9.77. The van der Waals surface area contributed by atoms with E-state index in [1.54, 1.807) is 0 Å². The quantitative estimate of drug-likeness (QED) is 0.0314. The number of carbonyl (C=O) groups is 6. The Labute approximate surface area is 390 Å². The van der Waals surface area contributed by atoms with Crippen molar-refractivity contribution < 1.29 is 87.8 Å². The van der Waals surface area contributed by atoms with E-state index in [2.05, 4.69) is 27.2 Å². The molecule has 22 nitrogen and oxygen atoms in total. The van der Waals surface area contributed by atoms with Gasteiger partial charge in [0, 0.05) is 38.8 Å². The van der Waals surface area contributed by atoms with Gasteiger partial charge in [-0.3, -0.25) is 29.8 Å². The SMILES string of the molecule is [NH3+]N[C@@H](CCCCNC(=O)CC[C@H](NC(=O)CCOCCOCCOCCOCCOCCOCCOCCOCCNC(=O)CCCCCCCCCCCCC(=O)O)C(=O)O)C(=O)O. The number of amides is 3. The third-order valence-electron chi connectivity index (χ3n) is 9.77. The van der Waals surface area contributed by atoms with Gasteiger partial charge in [0.15, 0.2) is 6.04 Å². The van der Waals surface area contributed by atoms with Crippen LogP contribution in [-0.2, 0) is 66.7 Å². The van der Waals surface area contributed by atoms with E-state index in [9.17, 15) is 33.9 Å². The number of hydrogen-bond donors (Lipinski definition) is 8. The number of carbonyl (C=O) groups excluding carboxylic acids is 3. The number of hydrogen-bond acceptors (Lipinski definition) is 15. The van der Waals surface area contributed by atoms with Gasteiger partial charge in [-0.1, -0.05) is 51.4 Å². The second kappa shape index (κ2) is 47.9. The van der Waals surface area contributed by atoms with Crippen molar-refractivity contribution in [1.82, 2.24) is 21.4 Å². The van der Waals surface area contributed by atoms with E-state index < -0.39 is 35.9 Å². The van der Waals surface area contributed by atoms with E-state index in [4.69, 9.17) is 48.1 Å². The maximum atomic E-state index is 12.2. The fraction of sp³-hybridized carbons (Fsp3) is 0.864. The number of aliphatic carboxylic acids is 3. The first kappa shape index (κ1) is 62.4. The molecule has 0 saturated heterocycles. The highest BCUT2D eigenvalue weighted by atomic mass is 16.6. The van der Waals surface area contributed by atoms with Crippen LogP contribution in [0, 0.1) is 0 Å². The van der Waals surface area contributed by atoms with Crippen LogP contribution < -0.4 is 27.2 Å². The Bertz CT molecular complexity index is 1220. The zero-order valence-electron chi connectivity index (χ0n) is 39.4. The molecule has 0 saturated carbocycles. The van der Waals surface area contributed by atoms with Crippen LogP contribution in [0.5, 0.6) is 0 Å². The number of ether oxygens (including phenoxy) is 8. The minimum absolute atomic E-state index is 0.0523. The first-order valence-electron chi connectivity index (χ1n) is 23.7. The van der Waals surface area contributed by atoms with Crippen LogP contribution in [0.2, 0.25) is 0 Å². The Hall–Kier alpha value is -3.58. The minimum atomic E-state index is -1.25. The Balaban J connectivity index is 3.41. The summed E-state index contributed by atoms with van der Waals surface area (Å²) in [6.45, 7) is 6.91. The van der Waals surface area contributed by atoms with E-state index in [1.807, 2.05) is 0 Å². The molecule has 0 aliphatic rings. The normalized spacial score (nSPS) is 12.1. The van der Waals surface area contributed by atoms with Crippen LogP contribution in [0.25, 0.3) is 0 Å². The number of carboxylic acid groups (broad SMARTS) is 3. The maximum absolute atomic E-state index is 12.2. The molecule has 0 aliphatic heterocycles. The van der Waals surface area contributed by atoms with Crippen molar-refractivity contribution in [3.63, 3.8) is 0 Å². The second-order valence-corrected chi connectivity index (χ2v) is 15.4. The highest BCUT2D eigenvalue weighted by molar-refractivity contribution is 5.84. The Morgan fingerprint density at radius 3 is 1.17 bits per heavy atom. The molecule has 0 heterocycles. The zero-order valence-corrected chi connectivity index (χ0v) is 39.4. The summed E-state index contributed by atoms with van der Waals surface area (Å²) in [5.41, 5.74) is 2.45. The number of nitrogens with one attached hydrogen (secondary N) is 4. The van der Waals surface area contributed by atoms with Gasteiger partial charge in [0.2, 0.25) is 17.7 Å². The molecule has 0 unspecified atom stereocenters. The summed E-state index contributed by atoms with van der Waals surface area (Å²) in [5.74, 6) is -0.401. The van der Waals surface area contributed by atoms with Gasteiger partial charge in [-0.2, -0.15) is 5.43 Å². The van der Waals surface area contributed by atoms with Gasteiger partial charge in [0.1, 0.15) is 6.04 Å². The highest BCUT2D eigenvalue weighted by Gasteiger charge is 2.21. The molecule has 0 spiro atoms. The van der Waals surface area contributed by atoms with Crippen molar-refractivity contribution in [2.75, 3.05) is 119 Å². The molecule has 0 aliphatic carbocycles. The highest BCUT2D eigenvalue weighted by Crippen LogP contribution is 2.12. The van der Waals surface area contributed by atoms with Gasteiger partial charge in [-0.05, 0) is 38.5 Å². The number of carboxylic acids is 3. The van der Waals surface area contributed by atoms with Crippen molar-refractivity contribution in [2.45, 2.75) is 128 Å². The summed E-state index contributed by atoms with van der Waals surface area (Å²) in [6, 6.07) is -1.97.